The van der Waals surface area contributed by atoms with Gasteiger partial charge < -0.3 is 9.88 Å². The van der Waals surface area contributed by atoms with Crippen molar-refractivity contribution in [2.24, 2.45) is 7.05 Å². The van der Waals surface area contributed by atoms with Gasteiger partial charge in [-0.1, -0.05) is 58.3 Å². The Balaban J connectivity index is 2.09. The molecule has 1 N–H and O–H groups in total. The molecule has 0 amide bonds. The summed E-state index contributed by atoms with van der Waals surface area (Å²) < 4.78 is 2.12. The highest BCUT2D eigenvalue weighted by Gasteiger charge is 2.11. The third-order valence-electron chi connectivity index (χ3n) is 3.91. The molecule has 1 aromatic rings. The Hall–Kier alpha value is -0.830. The van der Waals surface area contributed by atoms with Crippen LogP contribution < -0.4 is 5.32 Å². The number of nitrogens with one attached hydrogen (secondary N) is 1. The molecule has 1 heterocycles. The van der Waals surface area contributed by atoms with Gasteiger partial charge in [0.15, 0.2) is 0 Å². The summed E-state index contributed by atoms with van der Waals surface area (Å²) >= 11 is 0. The van der Waals surface area contributed by atoms with Crippen LogP contribution >= 0.6 is 0 Å². The Bertz CT molecular complexity index is 320. The lowest BCUT2D eigenvalue weighted by Gasteiger charge is -2.16. The van der Waals surface area contributed by atoms with Crippen molar-refractivity contribution in [2.75, 3.05) is 7.05 Å². The second kappa shape index (κ2) is 10.0. The van der Waals surface area contributed by atoms with Gasteiger partial charge in [0.05, 0.1) is 12.0 Å². The summed E-state index contributed by atoms with van der Waals surface area (Å²) in [6, 6.07) is 0.451. The minimum Gasteiger partial charge on any atom is -0.336 e. The summed E-state index contributed by atoms with van der Waals surface area (Å²) in [6.45, 7) is 2.27. The first kappa shape index (κ1) is 16.2. The number of imidazole rings is 1. The summed E-state index contributed by atoms with van der Waals surface area (Å²) in [6.07, 6.45) is 16.1. The zero-order valence-electron chi connectivity index (χ0n) is 13.0. The highest BCUT2D eigenvalue weighted by atomic mass is 15.1. The van der Waals surface area contributed by atoms with E-state index in [1.165, 1.54) is 63.5 Å². The molecule has 3 heteroatoms. The second-order valence-electron chi connectivity index (χ2n) is 5.53. The Labute approximate surface area is 118 Å². The minimum absolute atomic E-state index is 0.451. The smallest absolute Gasteiger partial charge is 0.0946 e. The maximum Gasteiger partial charge on any atom is 0.0946 e. The van der Waals surface area contributed by atoms with Crippen molar-refractivity contribution in [1.82, 2.24) is 14.9 Å². The van der Waals surface area contributed by atoms with Crippen molar-refractivity contribution in [1.29, 1.82) is 0 Å². The van der Waals surface area contributed by atoms with Crippen LogP contribution in [0.3, 0.4) is 0 Å². The first-order valence-corrected chi connectivity index (χ1v) is 7.93. The van der Waals surface area contributed by atoms with Crippen LogP contribution in [0.5, 0.6) is 0 Å². The predicted molar refractivity (Wildman–Crippen MR) is 82.2 cm³/mol. The SMILES string of the molecule is CCCCCCCCCCC(NC)c1cncn1C. The van der Waals surface area contributed by atoms with Gasteiger partial charge in [0, 0.05) is 19.3 Å². The van der Waals surface area contributed by atoms with E-state index in [1.54, 1.807) is 0 Å². The molecular formula is C16H31N3. The van der Waals surface area contributed by atoms with Crippen LogP contribution in [0.1, 0.15) is 76.4 Å². The molecule has 0 saturated heterocycles. The van der Waals surface area contributed by atoms with Gasteiger partial charge in [0.2, 0.25) is 0 Å². The van der Waals surface area contributed by atoms with Crippen molar-refractivity contribution in [3.05, 3.63) is 18.2 Å². The summed E-state index contributed by atoms with van der Waals surface area (Å²) in [5, 5.41) is 3.40. The van der Waals surface area contributed by atoms with Crippen molar-refractivity contribution in [3.8, 4) is 0 Å². The van der Waals surface area contributed by atoms with Gasteiger partial charge in [0.1, 0.15) is 0 Å². The second-order valence-corrected chi connectivity index (χ2v) is 5.53. The van der Waals surface area contributed by atoms with Gasteiger partial charge in [0.25, 0.3) is 0 Å². The molecule has 1 unspecified atom stereocenters. The number of hydrogen-bond donors (Lipinski definition) is 1. The fourth-order valence-electron chi connectivity index (χ4n) is 2.63. The molecule has 1 atom stereocenters. The first-order chi connectivity index (χ1) is 9.29. The maximum atomic E-state index is 4.20. The zero-order chi connectivity index (χ0) is 13.9. The molecule has 0 aliphatic carbocycles. The van der Waals surface area contributed by atoms with E-state index >= 15 is 0 Å². The van der Waals surface area contributed by atoms with Crippen LogP contribution in [0.4, 0.5) is 0 Å². The lowest BCUT2D eigenvalue weighted by Crippen LogP contribution is -2.18. The van der Waals surface area contributed by atoms with E-state index in [2.05, 4.69) is 28.8 Å². The fraction of sp³-hybridized carbons (Fsp3) is 0.812. The third kappa shape index (κ3) is 6.24. The lowest BCUT2D eigenvalue weighted by molar-refractivity contribution is 0.477. The molecule has 0 spiro atoms. The fourth-order valence-corrected chi connectivity index (χ4v) is 2.63. The largest absolute Gasteiger partial charge is 0.336 e. The Morgan fingerprint density at radius 2 is 1.74 bits per heavy atom. The predicted octanol–water partition coefficient (Wildman–Crippen LogP) is 4.21. The van der Waals surface area contributed by atoms with Gasteiger partial charge in [-0.15, -0.1) is 0 Å². The Morgan fingerprint density at radius 3 is 2.26 bits per heavy atom. The van der Waals surface area contributed by atoms with Crippen molar-refractivity contribution in [2.45, 2.75) is 70.8 Å². The third-order valence-corrected chi connectivity index (χ3v) is 3.91. The summed E-state index contributed by atoms with van der Waals surface area (Å²) in [7, 11) is 4.11. The van der Waals surface area contributed by atoms with Crippen LogP contribution in [-0.2, 0) is 7.05 Å². The van der Waals surface area contributed by atoms with Crippen LogP contribution in [0.2, 0.25) is 0 Å². The molecule has 0 bridgehead atoms. The zero-order valence-corrected chi connectivity index (χ0v) is 13.0. The maximum absolute atomic E-state index is 4.20. The summed E-state index contributed by atoms with van der Waals surface area (Å²) in [5.41, 5.74) is 1.30. The molecule has 0 aliphatic rings. The normalized spacial score (nSPS) is 12.8. The van der Waals surface area contributed by atoms with E-state index in [4.69, 9.17) is 0 Å². The van der Waals surface area contributed by atoms with Gasteiger partial charge in [-0.3, -0.25) is 0 Å². The van der Waals surface area contributed by atoms with E-state index in [-0.39, 0.29) is 0 Å². The van der Waals surface area contributed by atoms with Gasteiger partial charge >= 0.3 is 0 Å². The molecule has 110 valence electrons. The molecule has 3 nitrogen and oxygen atoms in total. The van der Waals surface area contributed by atoms with Crippen LogP contribution in [-0.4, -0.2) is 16.6 Å². The first-order valence-electron chi connectivity index (χ1n) is 7.93. The quantitative estimate of drug-likeness (QED) is 0.607. The molecule has 0 radical (unpaired) electrons. The van der Waals surface area contributed by atoms with E-state index in [9.17, 15) is 0 Å². The van der Waals surface area contributed by atoms with Crippen LogP contribution in [0.25, 0.3) is 0 Å². The van der Waals surface area contributed by atoms with Gasteiger partial charge in [-0.2, -0.15) is 0 Å². The van der Waals surface area contributed by atoms with E-state index in [1.807, 2.05) is 19.6 Å². The number of rotatable bonds is 11. The highest BCUT2D eigenvalue weighted by Crippen LogP contribution is 2.19. The Kier molecular flexibility index (Phi) is 8.55. The lowest BCUT2D eigenvalue weighted by atomic mass is 10.0. The molecule has 1 rings (SSSR count). The number of hydrogen-bond acceptors (Lipinski definition) is 2. The van der Waals surface area contributed by atoms with E-state index in [0.717, 1.165) is 0 Å². The van der Waals surface area contributed by atoms with Gasteiger partial charge in [-0.05, 0) is 13.5 Å². The summed E-state index contributed by atoms with van der Waals surface area (Å²) in [4.78, 5) is 4.20. The van der Waals surface area contributed by atoms with Crippen LogP contribution in [0, 0.1) is 0 Å². The number of unbranched alkanes of at least 4 members (excludes halogenated alkanes) is 7. The number of aromatic nitrogens is 2. The van der Waals surface area contributed by atoms with E-state index < -0.39 is 0 Å². The molecule has 0 fully saturated rings. The molecule has 0 saturated carbocycles. The van der Waals surface area contributed by atoms with Crippen LogP contribution in [0.15, 0.2) is 12.5 Å². The molecular weight excluding hydrogens is 234 g/mol. The summed E-state index contributed by atoms with van der Waals surface area (Å²) in [5.74, 6) is 0. The van der Waals surface area contributed by atoms with Crippen molar-refractivity contribution in [3.63, 3.8) is 0 Å². The minimum atomic E-state index is 0.451. The standard InChI is InChI=1S/C16H31N3/c1-4-5-6-7-8-9-10-11-12-15(17-2)16-13-18-14-19(16)3/h13-15,17H,4-12H2,1-3H3. The number of aryl methyl sites for hydroxylation is 1. The number of nitrogens with zero attached hydrogens (tertiary/aromatic N) is 2. The van der Waals surface area contributed by atoms with Crippen molar-refractivity contribution < 1.29 is 0 Å². The van der Waals surface area contributed by atoms with E-state index in [0.29, 0.717) is 6.04 Å². The monoisotopic (exact) mass is 265 g/mol. The Morgan fingerprint density at radius 1 is 1.11 bits per heavy atom. The molecule has 1 aromatic heterocycles. The van der Waals surface area contributed by atoms with Gasteiger partial charge in [-0.25, -0.2) is 4.98 Å². The average molecular weight is 265 g/mol. The topological polar surface area (TPSA) is 29.9 Å². The van der Waals surface area contributed by atoms with Crippen molar-refractivity contribution >= 4 is 0 Å². The molecule has 19 heavy (non-hydrogen) atoms. The average Bonchev–Trinajstić information content (AvgIpc) is 2.83. The molecule has 0 aliphatic heterocycles. The highest BCUT2D eigenvalue weighted by molar-refractivity contribution is 5.04. The molecule has 0 aromatic carbocycles.